The summed E-state index contributed by atoms with van der Waals surface area (Å²) in [5, 5.41) is 3.84. The lowest BCUT2D eigenvalue weighted by atomic mass is 10.1. The molecule has 3 N–H and O–H groups in total. The fourth-order valence-corrected chi connectivity index (χ4v) is 3.26. The molecule has 134 valence electrons. The number of carbonyl (C=O) groups excluding carboxylic acids is 1. The van der Waals surface area contributed by atoms with Gasteiger partial charge in [0.1, 0.15) is 12.1 Å². The first-order chi connectivity index (χ1) is 12.3. The highest BCUT2D eigenvalue weighted by atomic mass is 32.2. The van der Waals surface area contributed by atoms with Crippen molar-refractivity contribution in [2.45, 2.75) is 11.3 Å². The highest BCUT2D eigenvalue weighted by Crippen LogP contribution is 2.23. The monoisotopic (exact) mass is 370 g/mol. The van der Waals surface area contributed by atoms with E-state index in [2.05, 4.69) is 15.3 Å². The second kappa shape index (κ2) is 7.09. The average Bonchev–Trinajstić information content (AvgIpc) is 2.61. The molecule has 0 saturated carbocycles. The maximum atomic E-state index is 11.8. The topological polar surface area (TPSA) is 115 Å². The molecule has 3 aromatic rings. The third-order valence-electron chi connectivity index (χ3n) is 3.95. The van der Waals surface area contributed by atoms with E-state index in [-0.39, 0.29) is 4.90 Å². The number of benzene rings is 2. The van der Waals surface area contributed by atoms with Crippen molar-refractivity contribution in [3.05, 3.63) is 59.9 Å². The number of fused-ring (bicyclic) bond motifs is 1. The van der Waals surface area contributed by atoms with Crippen LogP contribution < -0.4 is 11.1 Å². The SMILES string of the molecule is CS(=O)(=O)c1ccc2ncnc(NCCc3cccc(C(N)=O)c3)c2c1. The summed E-state index contributed by atoms with van der Waals surface area (Å²) in [6, 6.07) is 11.9. The molecule has 0 aliphatic heterocycles. The molecule has 1 amide bonds. The van der Waals surface area contributed by atoms with E-state index in [4.69, 9.17) is 5.73 Å². The maximum Gasteiger partial charge on any atom is 0.248 e. The van der Waals surface area contributed by atoms with E-state index < -0.39 is 15.7 Å². The van der Waals surface area contributed by atoms with Gasteiger partial charge in [0.05, 0.1) is 10.4 Å². The van der Waals surface area contributed by atoms with Crippen molar-refractivity contribution in [2.75, 3.05) is 18.1 Å². The van der Waals surface area contributed by atoms with Crippen molar-refractivity contribution < 1.29 is 13.2 Å². The lowest BCUT2D eigenvalue weighted by Crippen LogP contribution is -2.12. The van der Waals surface area contributed by atoms with Crippen LogP contribution in [0.25, 0.3) is 10.9 Å². The molecule has 1 heterocycles. The number of amides is 1. The second-order valence-electron chi connectivity index (χ2n) is 5.91. The summed E-state index contributed by atoms with van der Waals surface area (Å²) < 4.78 is 23.5. The Morgan fingerprint density at radius 2 is 1.96 bits per heavy atom. The van der Waals surface area contributed by atoms with Crippen LogP contribution in [0.1, 0.15) is 15.9 Å². The van der Waals surface area contributed by atoms with Gasteiger partial charge in [-0.25, -0.2) is 18.4 Å². The molecule has 2 aromatic carbocycles. The van der Waals surface area contributed by atoms with E-state index in [1.54, 1.807) is 30.3 Å². The number of rotatable bonds is 6. The van der Waals surface area contributed by atoms with Crippen LogP contribution in [0.2, 0.25) is 0 Å². The number of carbonyl (C=O) groups is 1. The third kappa shape index (κ3) is 3.97. The Bertz CT molecular complexity index is 1080. The highest BCUT2D eigenvalue weighted by molar-refractivity contribution is 7.90. The predicted molar refractivity (Wildman–Crippen MR) is 99.8 cm³/mol. The molecule has 0 fully saturated rings. The van der Waals surface area contributed by atoms with Crippen molar-refractivity contribution in [2.24, 2.45) is 5.73 Å². The zero-order chi connectivity index (χ0) is 18.7. The molecule has 0 atom stereocenters. The summed E-state index contributed by atoms with van der Waals surface area (Å²) in [5.74, 6) is 0.0986. The van der Waals surface area contributed by atoms with Crippen LogP contribution >= 0.6 is 0 Å². The predicted octanol–water partition coefficient (Wildman–Crippen LogP) is 1.79. The van der Waals surface area contributed by atoms with E-state index in [0.717, 1.165) is 11.8 Å². The van der Waals surface area contributed by atoms with Gasteiger partial charge in [0.2, 0.25) is 5.91 Å². The minimum Gasteiger partial charge on any atom is -0.369 e. The first kappa shape index (κ1) is 17.8. The first-order valence-corrected chi connectivity index (χ1v) is 9.81. The molecule has 1 aromatic heterocycles. The quantitative estimate of drug-likeness (QED) is 0.683. The Labute approximate surface area is 151 Å². The number of aromatic nitrogens is 2. The van der Waals surface area contributed by atoms with Crippen LogP contribution in [0.15, 0.2) is 53.7 Å². The summed E-state index contributed by atoms with van der Waals surface area (Å²) in [6.07, 6.45) is 3.24. The van der Waals surface area contributed by atoms with Gasteiger partial charge >= 0.3 is 0 Å². The minimum atomic E-state index is -3.31. The largest absolute Gasteiger partial charge is 0.369 e. The fraction of sp³-hybridized carbons (Fsp3) is 0.167. The van der Waals surface area contributed by atoms with Crippen LogP contribution in [0, 0.1) is 0 Å². The Balaban J connectivity index is 1.80. The molecule has 0 radical (unpaired) electrons. The molecule has 0 spiro atoms. The van der Waals surface area contributed by atoms with Gasteiger partial charge in [-0.3, -0.25) is 4.79 Å². The van der Waals surface area contributed by atoms with Gasteiger partial charge in [-0.15, -0.1) is 0 Å². The van der Waals surface area contributed by atoms with Gasteiger partial charge in [-0.2, -0.15) is 0 Å². The number of anilines is 1. The number of sulfone groups is 1. The Hall–Kier alpha value is -3.00. The molecule has 8 heteroatoms. The van der Waals surface area contributed by atoms with Crippen molar-refractivity contribution in [1.82, 2.24) is 9.97 Å². The van der Waals surface area contributed by atoms with Gasteiger partial charge in [-0.1, -0.05) is 12.1 Å². The maximum absolute atomic E-state index is 11.8. The number of nitrogens with zero attached hydrogens (tertiary/aromatic N) is 2. The molecule has 0 bridgehead atoms. The Morgan fingerprint density at radius 1 is 1.15 bits per heavy atom. The zero-order valence-electron chi connectivity index (χ0n) is 14.1. The smallest absolute Gasteiger partial charge is 0.248 e. The van der Waals surface area contributed by atoms with Crippen LogP contribution in [-0.2, 0) is 16.3 Å². The highest BCUT2D eigenvalue weighted by Gasteiger charge is 2.11. The van der Waals surface area contributed by atoms with Crippen LogP contribution in [0.5, 0.6) is 0 Å². The summed E-state index contributed by atoms with van der Waals surface area (Å²) in [6.45, 7) is 0.553. The lowest BCUT2D eigenvalue weighted by Gasteiger charge is -2.09. The number of hydrogen-bond donors (Lipinski definition) is 2. The van der Waals surface area contributed by atoms with Crippen LogP contribution in [-0.4, -0.2) is 37.1 Å². The van der Waals surface area contributed by atoms with Gasteiger partial charge in [0, 0.05) is 23.8 Å². The van der Waals surface area contributed by atoms with E-state index >= 15 is 0 Å². The van der Waals surface area contributed by atoms with Crippen LogP contribution in [0.3, 0.4) is 0 Å². The number of primary amides is 1. The van der Waals surface area contributed by atoms with Gasteiger partial charge in [0.25, 0.3) is 0 Å². The van der Waals surface area contributed by atoms with Crippen molar-refractivity contribution in [3.63, 3.8) is 0 Å². The van der Waals surface area contributed by atoms with Crippen LogP contribution in [0.4, 0.5) is 5.82 Å². The summed E-state index contributed by atoms with van der Waals surface area (Å²) >= 11 is 0. The molecule has 7 nitrogen and oxygen atoms in total. The van der Waals surface area contributed by atoms with Crippen molar-refractivity contribution in [1.29, 1.82) is 0 Å². The van der Waals surface area contributed by atoms with Crippen molar-refractivity contribution in [3.8, 4) is 0 Å². The summed E-state index contributed by atoms with van der Waals surface area (Å²) in [4.78, 5) is 19.8. The summed E-state index contributed by atoms with van der Waals surface area (Å²) in [5.41, 5.74) is 7.38. The molecule has 0 unspecified atom stereocenters. The standard InChI is InChI=1S/C18H18N4O3S/c1-26(24,25)14-5-6-16-15(10-14)18(22-11-21-16)20-8-7-12-3-2-4-13(9-12)17(19)23/h2-6,9-11H,7-8H2,1H3,(H2,19,23)(H,20,21,22). The van der Waals surface area contributed by atoms with E-state index in [1.807, 2.05) is 6.07 Å². The van der Waals surface area contributed by atoms with Crippen molar-refractivity contribution >= 4 is 32.5 Å². The molecule has 3 rings (SSSR count). The molecular formula is C18H18N4O3S. The fourth-order valence-electron chi connectivity index (χ4n) is 2.61. The zero-order valence-corrected chi connectivity index (χ0v) is 15.0. The second-order valence-corrected chi connectivity index (χ2v) is 7.93. The Kier molecular flexibility index (Phi) is 4.85. The summed E-state index contributed by atoms with van der Waals surface area (Å²) in [7, 11) is -3.31. The molecule has 0 aliphatic rings. The van der Waals surface area contributed by atoms with Gasteiger partial charge in [0.15, 0.2) is 9.84 Å². The normalized spacial score (nSPS) is 11.4. The van der Waals surface area contributed by atoms with E-state index in [0.29, 0.717) is 35.2 Å². The number of nitrogens with one attached hydrogen (secondary N) is 1. The van der Waals surface area contributed by atoms with E-state index in [9.17, 15) is 13.2 Å². The van der Waals surface area contributed by atoms with Gasteiger partial charge < -0.3 is 11.1 Å². The number of nitrogens with two attached hydrogens (primary N) is 1. The lowest BCUT2D eigenvalue weighted by molar-refractivity contribution is 0.1000. The molecule has 0 saturated heterocycles. The third-order valence-corrected chi connectivity index (χ3v) is 5.06. The minimum absolute atomic E-state index is 0.219. The van der Waals surface area contributed by atoms with Gasteiger partial charge in [-0.05, 0) is 42.3 Å². The average molecular weight is 370 g/mol. The van der Waals surface area contributed by atoms with E-state index in [1.165, 1.54) is 12.4 Å². The first-order valence-electron chi connectivity index (χ1n) is 7.92. The molecular weight excluding hydrogens is 352 g/mol. The Morgan fingerprint density at radius 3 is 2.69 bits per heavy atom. The molecule has 26 heavy (non-hydrogen) atoms. The number of hydrogen-bond acceptors (Lipinski definition) is 6. The molecule has 0 aliphatic carbocycles.